The fourth-order valence-corrected chi connectivity index (χ4v) is 2.95. The molecule has 110 valence electrons. The topological polar surface area (TPSA) is 32.3 Å². The van der Waals surface area contributed by atoms with Gasteiger partial charge in [-0.05, 0) is 31.5 Å². The van der Waals surface area contributed by atoms with Crippen molar-refractivity contribution in [2.75, 3.05) is 26.2 Å². The Morgan fingerprint density at radius 2 is 2.05 bits per heavy atom. The van der Waals surface area contributed by atoms with Gasteiger partial charge >= 0.3 is 0 Å². The molecule has 1 N–H and O–H groups in total. The van der Waals surface area contributed by atoms with Gasteiger partial charge in [0.1, 0.15) is 5.82 Å². The molecule has 0 aliphatic carbocycles. The van der Waals surface area contributed by atoms with Crippen LogP contribution in [-0.4, -0.2) is 42.4 Å². The van der Waals surface area contributed by atoms with E-state index >= 15 is 0 Å². The number of ketones is 1. The predicted molar refractivity (Wildman–Crippen MR) is 81.3 cm³/mol. The second kappa shape index (κ2) is 6.33. The highest BCUT2D eigenvalue weighted by Crippen LogP contribution is 2.23. The molecule has 0 unspecified atom stereocenters. The largest absolute Gasteiger partial charge is 0.314 e. The van der Waals surface area contributed by atoms with Gasteiger partial charge in [-0.2, -0.15) is 0 Å². The number of hydrogen-bond donors (Lipinski definition) is 1. The summed E-state index contributed by atoms with van der Waals surface area (Å²) in [5.41, 5.74) is 0.343. The number of hydrogen-bond acceptors (Lipinski definition) is 3. The summed E-state index contributed by atoms with van der Waals surface area (Å²) in [5.74, 6) is -0.138. The highest BCUT2D eigenvalue weighted by Gasteiger charge is 2.34. The summed E-state index contributed by atoms with van der Waals surface area (Å²) in [4.78, 5) is 14.8. The first kappa shape index (κ1) is 15.6. The van der Waals surface area contributed by atoms with E-state index in [0.717, 1.165) is 31.7 Å². The highest BCUT2D eigenvalue weighted by molar-refractivity contribution is 9.10. The van der Waals surface area contributed by atoms with Crippen molar-refractivity contribution in [3.8, 4) is 0 Å². The van der Waals surface area contributed by atoms with Crippen LogP contribution in [0.4, 0.5) is 4.39 Å². The van der Waals surface area contributed by atoms with Gasteiger partial charge in [0.15, 0.2) is 5.78 Å². The maximum Gasteiger partial charge on any atom is 0.156 e. The van der Waals surface area contributed by atoms with E-state index in [2.05, 4.69) is 26.1 Å². The minimum absolute atomic E-state index is 0.159. The van der Waals surface area contributed by atoms with Crippen LogP contribution in [0, 0.1) is 5.82 Å². The van der Waals surface area contributed by atoms with Crippen molar-refractivity contribution >= 4 is 21.7 Å². The molecule has 0 saturated carbocycles. The van der Waals surface area contributed by atoms with E-state index in [0.29, 0.717) is 10.9 Å². The zero-order chi connectivity index (χ0) is 14.8. The van der Waals surface area contributed by atoms with Crippen molar-refractivity contribution in [2.45, 2.75) is 25.8 Å². The molecule has 1 aliphatic rings. The van der Waals surface area contributed by atoms with Gasteiger partial charge in [0, 0.05) is 37.1 Å². The Labute approximate surface area is 127 Å². The third kappa shape index (κ3) is 3.45. The average molecular weight is 343 g/mol. The molecule has 1 heterocycles. The number of nitrogens with zero attached hydrogens (tertiary/aromatic N) is 1. The molecule has 2 rings (SSSR count). The number of carbonyl (C=O) groups excluding carboxylic acids is 1. The lowest BCUT2D eigenvalue weighted by atomic mass is 9.91. The summed E-state index contributed by atoms with van der Waals surface area (Å²) >= 11 is 3.32. The lowest BCUT2D eigenvalue weighted by Gasteiger charge is -2.40. The predicted octanol–water partition coefficient (Wildman–Crippen LogP) is 2.38. The summed E-state index contributed by atoms with van der Waals surface area (Å²) in [6.45, 7) is 7.52. The molecule has 3 nitrogen and oxygen atoms in total. The Morgan fingerprint density at radius 1 is 1.40 bits per heavy atom. The van der Waals surface area contributed by atoms with E-state index in [1.165, 1.54) is 12.1 Å². The fraction of sp³-hybridized carbons (Fsp3) is 0.533. The Hall–Kier alpha value is -0.780. The van der Waals surface area contributed by atoms with E-state index in [-0.39, 0.29) is 11.6 Å². The SMILES string of the molecule is CC(C)(C(=O)Cc1ccc(F)cc1Br)N1CCNCC1. The van der Waals surface area contributed by atoms with Crippen molar-refractivity contribution in [2.24, 2.45) is 0 Å². The molecule has 0 spiro atoms. The summed E-state index contributed by atoms with van der Waals surface area (Å²) in [5, 5.41) is 3.29. The van der Waals surface area contributed by atoms with Crippen molar-refractivity contribution in [3.63, 3.8) is 0 Å². The summed E-state index contributed by atoms with van der Waals surface area (Å²) in [7, 11) is 0. The normalized spacial score (nSPS) is 17.2. The second-order valence-electron chi connectivity index (χ2n) is 5.63. The van der Waals surface area contributed by atoms with Gasteiger partial charge in [0.2, 0.25) is 0 Å². The van der Waals surface area contributed by atoms with E-state index in [1.54, 1.807) is 6.07 Å². The third-order valence-corrected chi connectivity index (χ3v) is 4.69. The van der Waals surface area contributed by atoms with E-state index in [9.17, 15) is 9.18 Å². The maximum atomic E-state index is 13.1. The van der Waals surface area contributed by atoms with Crippen LogP contribution in [-0.2, 0) is 11.2 Å². The molecule has 1 aromatic rings. The van der Waals surface area contributed by atoms with Crippen LogP contribution >= 0.6 is 15.9 Å². The second-order valence-corrected chi connectivity index (χ2v) is 6.49. The molecule has 20 heavy (non-hydrogen) atoms. The molecular formula is C15H20BrFN2O. The average Bonchev–Trinajstić information content (AvgIpc) is 2.42. The van der Waals surface area contributed by atoms with Crippen LogP contribution in [0.15, 0.2) is 22.7 Å². The zero-order valence-corrected chi connectivity index (χ0v) is 13.5. The quantitative estimate of drug-likeness (QED) is 0.911. The maximum absolute atomic E-state index is 13.1. The number of halogens is 2. The smallest absolute Gasteiger partial charge is 0.156 e. The van der Waals surface area contributed by atoms with E-state index in [1.807, 2.05) is 13.8 Å². The number of Topliss-reactive ketones (excluding diaryl/α,β-unsaturated/α-hetero) is 1. The minimum atomic E-state index is -0.490. The Balaban J connectivity index is 2.09. The zero-order valence-electron chi connectivity index (χ0n) is 11.9. The Morgan fingerprint density at radius 3 is 2.65 bits per heavy atom. The van der Waals surface area contributed by atoms with Gasteiger partial charge in [0.05, 0.1) is 5.54 Å². The summed E-state index contributed by atoms with van der Waals surface area (Å²) in [6.07, 6.45) is 0.317. The van der Waals surface area contributed by atoms with Crippen LogP contribution in [0.1, 0.15) is 19.4 Å². The molecule has 5 heteroatoms. The first-order valence-electron chi connectivity index (χ1n) is 6.84. The molecule has 0 aromatic heterocycles. The lowest BCUT2D eigenvalue weighted by molar-refractivity contribution is -0.129. The molecule has 0 bridgehead atoms. The minimum Gasteiger partial charge on any atom is -0.314 e. The van der Waals surface area contributed by atoms with Crippen molar-refractivity contribution in [3.05, 3.63) is 34.1 Å². The van der Waals surface area contributed by atoms with Gasteiger partial charge in [-0.3, -0.25) is 9.69 Å². The van der Waals surface area contributed by atoms with Crippen molar-refractivity contribution in [1.82, 2.24) is 10.2 Å². The number of rotatable bonds is 4. The van der Waals surface area contributed by atoms with Gasteiger partial charge in [-0.15, -0.1) is 0 Å². The van der Waals surface area contributed by atoms with Gasteiger partial charge in [0.25, 0.3) is 0 Å². The van der Waals surface area contributed by atoms with Gasteiger partial charge in [-0.25, -0.2) is 4.39 Å². The molecule has 1 saturated heterocycles. The molecule has 1 fully saturated rings. The molecular weight excluding hydrogens is 323 g/mol. The van der Waals surface area contributed by atoms with E-state index < -0.39 is 5.54 Å². The molecule has 0 radical (unpaired) electrons. The standard InChI is InChI=1S/C15H20BrFN2O/c1-15(2,19-7-5-18-6-8-19)14(20)9-11-3-4-12(17)10-13(11)16/h3-4,10,18H,5-9H2,1-2H3. The summed E-state index contributed by atoms with van der Waals surface area (Å²) < 4.78 is 13.7. The monoisotopic (exact) mass is 342 g/mol. The van der Waals surface area contributed by atoms with Gasteiger partial charge in [-0.1, -0.05) is 22.0 Å². The highest BCUT2D eigenvalue weighted by atomic mass is 79.9. The first-order valence-corrected chi connectivity index (χ1v) is 7.63. The van der Waals surface area contributed by atoms with Crippen LogP contribution in [0.5, 0.6) is 0 Å². The molecule has 0 amide bonds. The lowest BCUT2D eigenvalue weighted by Crippen LogP contribution is -2.57. The molecule has 1 aromatic carbocycles. The molecule has 0 atom stereocenters. The number of nitrogens with one attached hydrogen (secondary N) is 1. The first-order chi connectivity index (χ1) is 9.41. The number of benzene rings is 1. The van der Waals surface area contributed by atoms with Crippen LogP contribution < -0.4 is 5.32 Å². The van der Waals surface area contributed by atoms with Crippen molar-refractivity contribution in [1.29, 1.82) is 0 Å². The van der Waals surface area contributed by atoms with Crippen LogP contribution in [0.2, 0.25) is 0 Å². The van der Waals surface area contributed by atoms with Crippen LogP contribution in [0.3, 0.4) is 0 Å². The third-order valence-electron chi connectivity index (χ3n) is 3.96. The van der Waals surface area contributed by atoms with E-state index in [4.69, 9.17) is 0 Å². The Bertz CT molecular complexity index is 499. The summed E-state index contributed by atoms with van der Waals surface area (Å²) in [6, 6.07) is 4.47. The molecule has 1 aliphatic heterocycles. The fourth-order valence-electron chi connectivity index (χ4n) is 2.45. The number of carbonyl (C=O) groups is 1. The van der Waals surface area contributed by atoms with Crippen molar-refractivity contribution < 1.29 is 9.18 Å². The number of piperazine rings is 1. The Kier molecular flexibility index (Phi) is 4.94. The van der Waals surface area contributed by atoms with Crippen LogP contribution in [0.25, 0.3) is 0 Å². The van der Waals surface area contributed by atoms with Gasteiger partial charge < -0.3 is 5.32 Å².